The Morgan fingerprint density at radius 1 is 0.971 bits per heavy atom. The van der Waals surface area contributed by atoms with Crippen LogP contribution in [0.1, 0.15) is 47.3 Å². The molecule has 0 aromatic heterocycles. The first kappa shape index (κ1) is 22.6. The number of halogens is 1. The lowest BCUT2D eigenvalue weighted by atomic mass is 9.87. The smallest absolute Gasteiger partial charge is 0.258 e. The van der Waals surface area contributed by atoms with E-state index in [4.69, 9.17) is 21.1 Å². The van der Waals surface area contributed by atoms with Crippen LogP contribution in [0.15, 0.2) is 60.7 Å². The molecular formula is C28H29ClN2O3. The van der Waals surface area contributed by atoms with Gasteiger partial charge in [0.05, 0.1) is 20.3 Å². The zero-order valence-corrected chi connectivity index (χ0v) is 20.5. The van der Waals surface area contributed by atoms with Gasteiger partial charge in [0.2, 0.25) is 0 Å². The van der Waals surface area contributed by atoms with Crippen LogP contribution >= 0.6 is 11.6 Å². The van der Waals surface area contributed by atoms with Gasteiger partial charge in [-0.2, -0.15) is 0 Å². The number of fused-ring (bicyclic) bond motifs is 2. The molecule has 0 N–H and O–H groups in total. The number of benzene rings is 3. The van der Waals surface area contributed by atoms with Crippen molar-refractivity contribution in [2.75, 3.05) is 30.6 Å². The highest BCUT2D eigenvalue weighted by Gasteiger charge is 2.38. The second-order valence-electron chi connectivity index (χ2n) is 8.94. The Labute approximate surface area is 205 Å². The minimum Gasteiger partial charge on any atom is -0.493 e. The molecule has 0 bridgehead atoms. The average Bonchev–Trinajstić information content (AvgIpc) is 2.87. The van der Waals surface area contributed by atoms with E-state index in [0.29, 0.717) is 17.1 Å². The molecule has 0 radical (unpaired) electrons. The number of hydrogen-bond acceptors (Lipinski definition) is 4. The lowest BCUT2D eigenvalue weighted by Crippen LogP contribution is -2.47. The Morgan fingerprint density at radius 2 is 1.74 bits per heavy atom. The molecule has 2 heterocycles. The summed E-state index contributed by atoms with van der Waals surface area (Å²) < 4.78 is 10.8. The van der Waals surface area contributed by atoms with Gasteiger partial charge in [0.1, 0.15) is 0 Å². The lowest BCUT2D eigenvalue weighted by Gasteiger charge is -2.46. The molecule has 2 atom stereocenters. The Bertz CT molecular complexity index is 1230. The van der Waals surface area contributed by atoms with Gasteiger partial charge in [0, 0.05) is 34.5 Å². The summed E-state index contributed by atoms with van der Waals surface area (Å²) in [6, 6.07) is 20.0. The Hall–Kier alpha value is -3.18. The number of para-hydroxylation sites is 1. The van der Waals surface area contributed by atoms with Gasteiger partial charge in [-0.15, -0.1) is 0 Å². The van der Waals surface area contributed by atoms with E-state index in [0.717, 1.165) is 36.5 Å². The zero-order chi connectivity index (χ0) is 23.8. The molecule has 2 unspecified atom stereocenters. The third-order valence-corrected chi connectivity index (χ3v) is 7.37. The van der Waals surface area contributed by atoms with Crippen LogP contribution < -0.4 is 19.3 Å². The Kier molecular flexibility index (Phi) is 6.13. The SMILES string of the molecule is COc1ccc(C(=O)N2c3ccccc3C(N3CCCc4c(Cl)cccc43)CC2C)cc1OC. The van der Waals surface area contributed by atoms with Crippen LogP contribution in [0.3, 0.4) is 0 Å². The summed E-state index contributed by atoms with van der Waals surface area (Å²) in [6.45, 7) is 3.10. The van der Waals surface area contributed by atoms with Crippen molar-refractivity contribution < 1.29 is 14.3 Å². The quantitative estimate of drug-likeness (QED) is 0.443. The fourth-order valence-corrected chi connectivity index (χ4v) is 5.69. The largest absolute Gasteiger partial charge is 0.493 e. The van der Waals surface area contributed by atoms with Gasteiger partial charge in [0.25, 0.3) is 5.91 Å². The van der Waals surface area contributed by atoms with E-state index in [1.165, 1.54) is 16.8 Å². The van der Waals surface area contributed by atoms with E-state index < -0.39 is 0 Å². The first-order chi connectivity index (χ1) is 16.5. The van der Waals surface area contributed by atoms with Crippen molar-refractivity contribution in [2.45, 2.75) is 38.3 Å². The molecule has 3 aromatic carbocycles. The fourth-order valence-electron chi connectivity index (χ4n) is 5.43. The van der Waals surface area contributed by atoms with Crippen molar-refractivity contribution in [2.24, 2.45) is 0 Å². The number of carbonyl (C=O) groups excluding carboxylic acids is 1. The number of hydrogen-bond donors (Lipinski definition) is 0. The maximum atomic E-state index is 13.8. The molecule has 0 spiro atoms. The summed E-state index contributed by atoms with van der Waals surface area (Å²) in [5.74, 6) is 1.11. The van der Waals surface area contributed by atoms with Gasteiger partial charge in [-0.25, -0.2) is 0 Å². The van der Waals surface area contributed by atoms with Gasteiger partial charge in [0.15, 0.2) is 11.5 Å². The van der Waals surface area contributed by atoms with Crippen molar-refractivity contribution >= 4 is 28.9 Å². The normalized spacial score (nSPS) is 19.3. The summed E-state index contributed by atoms with van der Waals surface area (Å²) in [4.78, 5) is 18.2. The number of amides is 1. The fraction of sp³-hybridized carbons (Fsp3) is 0.321. The highest BCUT2D eigenvalue weighted by molar-refractivity contribution is 6.31. The summed E-state index contributed by atoms with van der Waals surface area (Å²) in [6.07, 6.45) is 2.90. The Morgan fingerprint density at radius 3 is 2.53 bits per heavy atom. The van der Waals surface area contributed by atoms with Crippen molar-refractivity contribution in [1.29, 1.82) is 0 Å². The van der Waals surface area contributed by atoms with Crippen molar-refractivity contribution in [3.8, 4) is 11.5 Å². The van der Waals surface area contributed by atoms with Gasteiger partial charge >= 0.3 is 0 Å². The van der Waals surface area contributed by atoms with Crippen LogP contribution in [0.2, 0.25) is 5.02 Å². The molecule has 34 heavy (non-hydrogen) atoms. The summed E-state index contributed by atoms with van der Waals surface area (Å²) in [5, 5.41) is 0.838. The summed E-state index contributed by atoms with van der Waals surface area (Å²) in [7, 11) is 3.17. The van der Waals surface area contributed by atoms with Crippen LogP contribution in [0, 0.1) is 0 Å². The van der Waals surface area contributed by atoms with Gasteiger partial charge in [-0.3, -0.25) is 4.79 Å². The van der Waals surface area contributed by atoms with Crippen molar-refractivity contribution in [3.63, 3.8) is 0 Å². The predicted octanol–water partition coefficient (Wildman–Crippen LogP) is 6.29. The van der Waals surface area contributed by atoms with Crippen LogP contribution in [0.4, 0.5) is 11.4 Å². The number of anilines is 2. The highest BCUT2D eigenvalue weighted by atomic mass is 35.5. The Balaban J connectivity index is 1.54. The standard InChI is InChI=1S/C28H29ClN2O3/c1-18-16-25(30-15-7-9-20-22(29)10-6-12-23(20)30)21-8-4-5-11-24(21)31(18)28(32)19-13-14-26(33-2)27(17-19)34-3/h4-6,8,10-14,17-18,25H,7,9,15-16H2,1-3H3. The topological polar surface area (TPSA) is 42.0 Å². The van der Waals surface area contributed by atoms with E-state index in [9.17, 15) is 4.79 Å². The molecule has 5 nitrogen and oxygen atoms in total. The lowest BCUT2D eigenvalue weighted by molar-refractivity contribution is 0.0973. The molecule has 176 valence electrons. The molecule has 0 saturated carbocycles. The third kappa shape index (κ3) is 3.78. The average molecular weight is 477 g/mol. The predicted molar refractivity (Wildman–Crippen MR) is 137 cm³/mol. The maximum absolute atomic E-state index is 13.8. The molecule has 0 aliphatic carbocycles. The third-order valence-electron chi connectivity index (χ3n) is 7.02. The number of nitrogens with zero attached hydrogens (tertiary/aromatic N) is 2. The second-order valence-corrected chi connectivity index (χ2v) is 9.35. The molecule has 6 heteroatoms. The number of rotatable bonds is 4. The molecular weight excluding hydrogens is 448 g/mol. The van der Waals surface area contributed by atoms with Gasteiger partial charge in [-0.1, -0.05) is 35.9 Å². The first-order valence-electron chi connectivity index (χ1n) is 11.7. The van der Waals surface area contributed by atoms with Crippen molar-refractivity contribution in [3.05, 3.63) is 82.4 Å². The van der Waals surface area contributed by atoms with Gasteiger partial charge in [-0.05, 0) is 73.7 Å². The molecule has 2 aliphatic rings. The molecule has 0 saturated heterocycles. The molecule has 0 fully saturated rings. The zero-order valence-electron chi connectivity index (χ0n) is 19.8. The van der Waals surface area contributed by atoms with E-state index in [1.54, 1.807) is 32.4 Å². The minimum absolute atomic E-state index is 0.0186. The molecule has 1 amide bonds. The molecule has 5 rings (SSSR count). The van der Waals surface area contributed by atoms with Crippen LogP contribution in [0.5, 0.6) is 11.5 Å². The first-order valence-corrected chi connectivity index (χ1v) is 12.1. The van der Waals surface area contributed by atoms with Crippen LogP contribution in [0.25, 0.3) is 0 Å². The number of carbonyl (C=O) groups is 1. The maximum Gasteiger partial charge on any atom is 0.258 e. The number of ether oxygens (including phenoxy) is 2. The second kappa shape index (κ2) is 9.22. The van der Waals surface area contributed by atoms with E-state index in [1.807, 2.05) is 23.1 Å². The minimum atomic E-state index is -0.0403. The monoisotopic (exact) mass is 476 g/mol. The highest BCUT2D eigenvalue weighted by Crippen LogP contribution is 2.45. The van der Waals surface area contributed by atoms with E-state index >= 15 is 0 Å². The summed E-state index contributed by atoms with van der Waals surface area (Å²) in [5.41, 5.74) is 5.14. The van der Waals surface area contributed by atoms with E-state index in [-0.39, 0.29) is 18.0 Å². The van der Waals surface area contributed by atoms with Crippen molar-refractivity contribution in [1.82, 2.24) is 0 Å². The van der Waals surface area contributed by atoms with Crippen LogP contribution in [-0.2, 0) is 6.42 Å². The molecule has 2 aliphatic heterocycles. The molecule has 3 aromatic rings. The van der Waals surface area contributed by atoms with Crippen LogP contribution in [-0.4, -0.2) is 32.7 Å². The summed E-state index contributed by atoms with van der Waals surface area (Å²) >= 11 is 6.56. The number of methoxy groups -OCH3 is 2. The van der Waals surface area contributed by atoms with E-state index in [2.05, 4.69) is 36.1 Å². The van der Waals surface area contributed by atoms with Gasteiger partial charge < -0.3 is 19.3 Å².